The van der Waals surface area contributed by atoms with E-state index in [1.165, 1.54) is 12.0 Å². The van der Waals surface area contributed by atoms with Crippen LogP contribution in [0.1, 0.15) is 63.9 Å². The van der Waals surface area contributed by atoms with Crippen molar-refractivity contribution in [2.24, 2.45) is 34.3 Å². The van der Waals surface area contributed by atoms with Gasteiger partial charge in [-0.15, -0.1) is 0 Å². The third kappa shape index (κ3) is 1.81. The number of amides is 1. The molecule has 6 atom stereocenters. The molecule has 1 amide bonds. The number of fused-ring (bicyclic) bond motifs is 1. The number of rotatable bonds is 3. The maximum Gasteiger partial charge on any atom is 0.226 e. The van der Waals surface area contributed by atoms with Gasteiger partial charge in [-0.1, -0.05) is 37.3 Å². The highest BCUT2D eigenvalue weighted by molar-refractivity contribution is 5.85. The van der Waals surface area contributed by atoms with Gasteiger partial charge in [0, 0.05) is 17.5 Å². The van der Waals surface area contributed by atoms with Crippen molar-refractivity contribution in [3.05, 3.63) is 35.9 Å². The minimum atomic E-state index is -0.112. The number of hydrogen-bond donors (Lipinski definition) is 2. The Morgan fingerprint density at radius 1 is 1.04 bits per heavy atom. The largest absolute Gasteiger partial charge is 0.353 e. The molecular weight excluding hydrogens is 332 g/mol. The summed E-state index contributed by atoms with van der Waals surface area (Å²) in [5, 5.41) is 3.49. The lowest BCUT2D eigenvalue weighted by molar-refractivity contribution is -0.243. The third-order valence-corrected chi connectivity index (χ3v) is 9.85. The van der Waals surface area contributed by atoms with Gasteiger partial charge in [0.05, 0.1) is 5.41 Å². The third-order valence-electron chi connectivity index (χ3n) is 9.85. The summed E-state index contributed by atoms with van der Waals surface area (Å²) in [7, 11) is 0. The summed E-state index contributed by atoms with van der Waals surface area (Å²) in [5.41, 5.74) is 8.17. The van der Waals surface area contributed by atoms with Gasteiger partial charge in [-0.3, -0.25) is 4.79 Å². The molecule has 5 aliphatic carbocycles. The summed E-state index contributed by atoms with van der Waals surface area (Å²) in [6.07, 6.45) is 8.89. The Kier molecular flexibility index (Phi) is 3.18. The first-order chi connectivity index (χ1) is 13.0. The van der Waals surface area contributed by atoms with E-state index in [2.05, 4.69) is 42.6 Å². The Labute approximate surface area is 162 Å². The van der Waals surface area contributed by atoms with Gasteiger partial charge >= 0.3 is 0 Å². The minimum absolute atomic E-state index is 0.112. The molecule has 3 nitrogen and oxygen atoms in total. The summed E-state index contributed by atoms with van der Waals surface area (Å²) in [6, 6.07) is 11.9. The monoisotopic (exact) mass is 364 g/mol. The standard InChI is InChI=1S/C24H32N2O/c1-15-19-11-22(21(27)26-18-9-7-17(25)8-10-18)13-23(16-5-3-2-4-6-16)12-20(15)24(19,23)14-22/h2-6,15,17-20H,7-14,25H2,1H3,(H,26,27). The summed E-state index contributed by atoms with van der Waals surface area (Å²) in [4.78, 5) is 13.6. The molecule has 0 heterocycles. The van der Waals surface area contributed by atoms with Crippen molar-refractivity contribution in [3.63, 3.8) is 0 Å². The molecule has 5 fully saturated rings. The topological polar surface area (TPSA) is 55.1 Å². The Hall–Kier alpha value is -1.35. The van der Waals surface area contributed by atoms with E-state index < -0.39 is 0 Å². The smallest absolute Gasteiger partial charge is 0.226 e. The van der Waals surface area contributed by atoms with Crippen LogP contribution in [0.25, 0.3) is 0 Å². The average molecular weight is 365 g/mol. The summed E-state index contributed by atoms with van der Waals surface area (Å²) in [5.74, 6) is 2.80. The van der Waals surface area contributed by atoms with E-state index in [0.717, 1.165) is 62.7 Å². The number of benzene rings is 1. The molecule has 1 aromatic rings. The molecular formula is C24H32N2O. The van der Waals surface area contributed by atoms with E-state index in [9.17, 15) is 4.79 Å². The fourth-order valence-electron chi connectivity index (χ4n) is 8.79. The number of nitrogens with one attached hydrogen (secondary N) is 1. The maximum absolute atomic E-state index is 13.6. The number of carbonyl (C=O) groups is 1. The summed E-state index contributed by atoms with van der Waals surface area (Å²) in [6.45, 7) is 2.45. The summed E-state index contributed by atoms with van der Waals surface area (Å²) < 4.78 is 0. The van der Waals surface area contributed by atoms with Crippen LogP contribution < -0.4 is 11.1 Å². The molecule has 6 unspecified atom stereocenters. The normalized spacial score (nSPS) is 51.9. The van der Waals surface area contributed by atoms with Crippen LogP contribution in [0.4, 0.5) is 0 Å². The van der Waals surface area contributed by atoms with Crippen LogP contribution in [0.15, 0.2) is 30.3 Å². The van der Waals surface area contributed by atoms with E-state index in [-0.39, 0.29) is 10.8 Å². The maximum atomic E-state index is 13.6. The molecule has 5 aliphatic rings. The van der Waals surface area contributed by atoms with Crippen LogP contribution >= 0.6 is 0 Å². The quantitative estimate of drug-likeness (QED) is 0.858. The van der Waals surface area contributed by atoms with Crippen molar-refractivity contribution >= 4 is 5.91 Å². The zero-order valence-corrected chi connectivity index (χ0v) is 16.4. The first-order valence-corrected chi connectivity index (χ1v) is 11.1. The first-order valence-electron chi connectivity index (χ1n) is 11.1. The Balaban J connectivity index is 1.31. The van der Waals surface area contributed by atoms with Crippen LogP contribution in [0.2, 0.25) is 0 Å². The number of nitrogens with two attached hydrogens (primary N) is 1. The van der Waals surface area contributed by atoms with Gasteiger partial charge in [-0.2, -0.15) is 0 Å². The molecule has 6 rings (SSSR count). The molecule has 144 valence electrons. The Morgan fingerprint density at radius 3 is 2.48 bits per heavy atom. The molecule has 3 heteroatoms. The molecule has 5 saturated carbocycles. The predicted molar refractivity (Wildman–Crippen MR) is 106 cm³/mol. The average Bonchev–Trinajstić information content (AvgIpc) is 3.15. The van der Waals surface area contributed by atoms with Crippen molar-refractivity contribution in [1.29, 1.82) is 0 Å². The van der Waals surface area contributed by atoms with Crippen molar-refractivity contribution < 1.29 is 4.79 Å². The fourth-order valence-corrected chi connectivity index (χ4v) is 8.79. The molecule has 0 aromatic heterocycles. The number of carbonyl (C=O) groups excluding carboxylic acids is 1. The Bertz CT molecular complexity index is 785. The highest BCUT2D eigenvalue weighted by Crippen LogP contribution is 2.90. The van der Waals surface area contributed by atoms with Crippen LogP contribution in [0, 0.1) is 28.6 Å². The van der Waals surface area contributed by atoms with Crippen LogP contribution in [0.3, 0.4) is 0 Å². The van der Waals surface area contributed by atoms with Crippen molar-refractivity contribution in [2.45, 2.75) is 75.8 Å². The van der Waals surface area contributed by atoms with Gasteiger partial charge in [0.1, 0.15) is 0 Å². The highest BCUT2D eigenvalue weighted by Gasteiger charge is 2.87. The van der Waals surface area contributed by atoms with Crippen LogP contribution in [0.5, 0.6) is 0 Å². The summed E-state index contributed by atoms with van der Waals surface area (Å²) >= 11 is 0. The van der Waals surface area contributed by atoms with Crippen LogP contribution in [-0.2, 0) is 10.2 Å². The lowest BCUT2D eigenvalue weighted by Crippen LogP contribution is -2.73. The predicted octanol–water partition coefficient (Wildman–Crippen LogP) is 3.77. The SMILES string of the molecule is CC1C2CC3(C(=O)NC4CCC(N)CC4)CC4(c5ccccc5)CC1C24C3. The van der Waals surface area contributed by atoms with Gasteiger partial charge in [-0.05, 0) is 80.1 Å². The van der Waals surface area contributed by atoms with E-state index in [4.69, 9.17) is 5.73 Å². The molecule has 3 N–H and O–H groups in total. The second-order valence-electron chi connectivity index (χ2n) is 10.7. The second-order valence-corrected chi connectivity index (χ2v) is 10.7. The molecule has 1 aromatic carbocycles. The molecule has 1 spiro atoms. The molecule has 0 radical (unpaired) electrons. The van der Waals surface area contributed by atoms with Gasteiger partial charge in [0.2, 0.25) is 5.91 Å². The van der Waals surface area contributed by atoms with Gasteiger partial charge in [0.25, 0.3) is 0 Å². The highest BCUT2D eigenvalue weighted by atomic mass is 16.2. The lowest BCUT2D eigenvalue weighted by Gasteiger charge is -2.76. The van der Waals surface area contributed by atoms with E-state index in [1.54, 1.807) is 0 Å². The number of hydrogen-bond acceptors (Lipinski definition) is 2. The van der Waals surface area contributed by atoms with Gasteiger partial charge < -0.3 is 11.1 Å². The van der Waals surface area contributed by atoms with Crippen LogP contribution in [-0.4, -0.2) is 18.0 Å². The molecule has 0 saturated heterocycles. The van der Waals surface area contributed by atoms with Gasteiger partial charge in [-0.25, -0.2) is 0 Å². The zero-order chi connectivity index (χ0) is 18.4. The van der Waals surface area contributed by atoms with E-state index >= 15 is 0 Å². The van der Waals surface area contributed by atoms with E-state index in [0.29, 0.717) is 23.4 Å². The molecule has 27 heavy (non-hydrogen) atoms. The Morgan fingerprint density at radius 2 is 1.74 bits per heavy atom. The fraction of sp³-hybridized carbons (Fsp3) is 0.708. The lowest BCUT2D eigenvalue weighted by atomic mass is 9.27. The molecule has 0 aliphatic heterocycles. The molecule has 2 bridgehead atoms. The zero-order valence-electron chi connectivity index (χ0n) is 16.4. The first kappa shape index (κ1) is 16.6. The van der Waals surface area contributed by atoms with Crippen molar-refractivity contribution in [3.8, 4) is 0 Å². The minimum Gasteiger partial charge on any atom is -0.353 e. The van der Waals surface area contributed by atoms with E-state index in [1.807, 2.05) is 0 Å². The van der Waals surface area contributed by atoms with Crippen molar-refractivity contribution in [2.75, 3.05) is 0 Å². The van der Waals surface area contributed by atoms with Crippen molar-refractivity contribution in [1.82, 2.24) is 5.32 Å². The second kappa shape index (κ2) is 5.17. The van der Waals surface area contributed by atoms with Gasteiger partial charge in [0.15, 0.2) is 0 Å².